The van der Waals surface area contributed by atoms with E-state index in [0.717, 1.165) is 17.5 Å². The van der Waals surface area contributed by atoms with E-state index < -0.39 is 6.04 Å². The molecule has 0 aromatic heterocycles. The topological polar surface area (TPSA) is 58.6 Å². The van der Waals surface area contributed by atoms with E-state index in [-0.39, 0.29) is 30.8 Å². The van der Waals surface area contributed by atoms with E-state index in [2.05, 4.69) is 5.32 Å². The average Bonchev–Trinajstić information content (AvgIpc) is 2.71. The van der Waals surface area contributed by atoms with Gasteiger partial charge in [-0.05, 0) is 55.2 Å². The summed E-state index contributed by atoms with van der Waals surface area (Å²) < 4.78 is 18.9. The third-order valence-corrected chi connectivity index (χ3v) is 4.55. The first kappa shape index (κ1) is 22.4. The van der Waals surface area contributed by atoms with E-state index in [4.69, 9.17) is 4.74 Å². The Hall–Kier alpha value is -2.89. The number of halogens is 1. The Morgan fingerprint density at radius 2 is 1.86 bits per heavy atom. The van der Waals surface area contributed by atoms with Crippen LogP contribution in [0.1, 0.15) is 37.8 Å². The van der Waals surface area contributed by atoms with Crippen molar-refractivity contribution >= 4 is 11.8 Å². The molecule has 0 saturated heterocycles. The summed E-state index contributed by atoms with van der Waals surface area (Å²) in [5.41, 5.74) is 1.78. The predicted octanol–water partition coefficient (Wildman–Crippen LogP) is 3.85. The number of hydrogen-bond acceptors (Lipinski definition) is 3. The van der Waals surface area contributed by atoms with Crippen molar-refractivity contribution in [1.82, 2.24) is 10.2 Å². The lowest BCUT2D eigenvalue weighted by Gasteiger charge is -2.30. The fourth-order valence-corrected chi connectivity index (χ4v) is 3.01. The maximum Gasteiger partial charge on any atom is 0.261 e. The van der Waals surface area contributed by atoms with Crippen LogP contribution in [0.3, 0.4) is 0 Å². The van der Waals surface area contributed by atoms with Gasteiger partial charge in [0.2, 0.25) is 5.91 Å². The molecule has 1 N–H and O–H groups in total. The molecule has 6 heteroatoms. The van der Waals surface area contributed by atoms with Crippen LogP contribution in [-0.4, -0.2) is 35.9 Å². The molecule has 29 heavy (non-hydrogen) atoms. The zero-order chi connectivity index (χ0) is 21.2. The molecule has 0 bridgehead atoms. The smallest absolute Gasteiger partial charge is 0.261 e. The Bertz CT molecular complexity index is 808. The van der Waals surface area contributed by atoms with Gasteiger partial charge < -0.3 is 15.0 Å². The molecule has 5 nitrogen and oxygen atoms in total. The van der Waals surface area contributed by atoms with Crippen molar-refractivity contribution in [1.29, 1.82) is 0 Å². The predicted molar refractivity (Wildman–Crippen MR) is 111 cm³/mol. The Labute approximate surface area is 171 Å². The van der Waals surface area contributed by atoms with E-state index in [1.54, 1.807) is 18.2 Å². The lowest BCUT2D eigenvalue weighted by atomic mass is 10.1. The SMILES string of the molecule is CCCNC(=O)[C@@H](CC)N(Cc1ccc(F)cc1)C(=O)COc1cccc(C)c1. The van der Waals surface area contributed by atoms with Crippen molar-refractivity contribution in [3.63, 3.8) is 0 Å². The highest BCUT2D eigenvalue weighted by atomic mass is 19.1. The van der Waals surface area contributed by atoms with Crippen molar-refractivity contribution in [3.05, 3.63) is 65.5 Å². The van der Waals surface area contributed by atoms with Gasteiger partial charge in [0.05, 0.1) is 0 Å². The molecule has 0 heterocycles. The quantitative estimate of drug-likeness (QED) is 0.659. The van der Waals surface area contributed by atoms with E-state index in [0.29, 0.717) is 18.7 Å². The van der Waals surface area contributed by atoms with Crippen molar-refractivity contribution in [2.75, 3.05) is 13.2 Å². The van der Waals surface area contributed by atoms with E-state index in [1.165, 1.54) is 17.0 Å². The zero-order valence-corrected chi connectivity index (χ0v) is 17.3. The number of nitrogens with one attached hydrogen (secondary N) is 1. The van der Waals surface area contributed by atoms with Gasteiger partial charge in [0.25, 0.3) is 5.91 Å². The number of aryl methyl sites for hydroxylation is 1. The first-order valence-corrected chi connectivity index (χ1v) is 9.95. The van der Waals surface area contributed by atoms with Crippen LogP contribution in [0, 0.1) is 12.7 Å². The lowest BCUT2D eigenvalue weighted by molar-refractivity contribution is -0.143. The van der Waals surface area contributed by atoms with Gasteiger partial charge in [0.15, 0.2) is 6.61 Å². The largest absolute Gasteiger partial charge is 0.484 e. The molecule has 0 aliphatic rings. The third-order valence-electron chi connectivity index (χ3n) is 4.55. The third kappa shape index (κ3) is 6.89. The Morgan fingerprint density at radius 1 is 1.14 bits per heavy atom. The van der Waals surface area contributed by atoms with Crippen LogP contribution in [-0.2, 0) is 16.1 Å². The fourth-order valence-electron chi connectivity index (χ4n) is 3.01. The van der Waals surface area contributed by atoms with Gasteiger partial charge in [-0.15, -0.1) is 0 Å². The first-order valence-electron chi connectivity index (χ1n) is 9.95. The van der Waals surface area contributed by atoms with Crippen molar-refractivity contribution in [2.24, 2.45) is 0 Å². The minimum absolute atomic E-state index is 0.178. The van der Waals surface area contributed by atoms with E-state index >= 15 is 0 Å². The van der Waals surface area contributed by atoms with Gasteiger partial charge in [0, 0.05) is 13.1 Å². The number of amides is 2. The lowest BCUT2D eigenvalue weighted by Crippen LogP contribution is -2.50. The Morgan fingerprint density at radius 3 is 2.48 bits per heavy atom. The highest BCUT2D eigenvalue weighted by Gasteiger charge is 2.28. The van der Waals surface area contributed by atoms with E-state index in [9.17, 15) is 14.0 Å². The molecule has 0 aliphatic heterocycles. The highest BCUT2D eigenvalue weighted by Crippen LogP contribution is 2.16. The van der Waals surface area contributed by atoms with Crippen LogP contribution in [0.4, 0.5) is 4.39 Å². The monoisotopic (exact) mass is 400 g/mol. The summed E-state index contributed by atoms with van der Waals surface area (Å²) >= 11 is 0. The molecule has 0 spiro atoms. The van der Waals surface area contributed by atoms with Crippen LogP contribution < -0.4 is 10.1 Å². The standard InChI is InChI=1S/C23H29FN2O3/c1-4-13-25-23(28)21(5-2)26(15-18-9-11-19(24)12-10-18)22(27)16-29-20-8-6-7-17(3)14-20/h6-12,14,21H,4-5,13,15-16H2,1-3H3,(H,25,28)/t21-/m1/s1. The summed E-state index contributed by atoms with van der Waals surface area (Å²) in [6.07, 6.45) is 1.28. The summed E-state index contributed by atoms with van der Waals surface area (Å²) in [5, 5.41) is 2.86. The van der Waals surface area contributed by atoms with Gasteiger partial charge in [-0.3, -0.25) is 9.59 Å². The van der Waals surface area contributed by atoms with Gasteiger partial charge in [0.1, 0.15) is 17.6 Å². The van der Waals surface area contributed by atoms with Gasteiger partial charge >= 0.3 is 0 Å². The van der Waals surface area contributed by atoms with Crippen molar-refractivity contribution < 1.29 is 18.7 Å². The molecule has 0 fully saturated rings. The average molecular weight is 400 g/mol. The van der Waals surface area contributed by atoms with Crippen LogP contribution in [0.5, 0.6) is 5.75 Å². The molecule has 0 radical (unpaired) electrons. The second-order valence-electron chi connectivity index (χ2n) is 6.97. The molecule has 2 amide bonds. The summed E-state index contributed by atoms with van der Waals surface area (Å²) in [4.78, 5) is 27.1. The number of hydrogen-bond donors (Lipinski definition) is 1. The van der Waals surface area contributed by atoms with E-state index in [1.807, 2.05) is 39.0 Å². The normalized spacial score (nSPS) is 11.6. The fraction of sp³-hybridized carbons (Fsp3) is 0.391. The number of nitrogens with zero attached hydrogens (tertiary/aromatic N) is 1. The minimum Gasteiger partial charge on any atom is -0.484 e. The molecular weight excluding hydrogens is 371 g/mol. The number of rotatable bonds is 10. The molecule has 1 atom stereocenters. The summed E-state index contributed by atoms with van der Waals surface area (Å²) in [6, 6.07) is 12.7. The second kappa shape index (κ2) is 11.2. The molecule has 156 valence electrons. The maximum absolute atomic E-state index is 13.3. The zero-order valence-electron chi connectivity index (χ0n) is 17.3. The number of carbonyl (C=O) groups is 2. The number of carbonyl (C=O) groups excluding carboxylic acids is 2. The first-order chi connectivity index (χ1) is 13.9. The minimum atomic E-state index is -0.625. The second-order valence-corrected chi connectivity index (χ2v) is 6.97. The van der Waals surface area contributed by atoms with Crippen LogP contribution in [0.2, 0.25) is 0 Å². The van der Waals surface area contributed by atoms with Gasteiger partial charge in [-0.25, -0.2) is 4.39 Å². The van der Waals surface area contributed by atoms with Crippen LogP contribution in [0.15, 0.2) is 48.5 Å². The van der Waals surface area contributed by atoms with Gasteiger partial charge in [-0.2, -0.15) is 0 Å². The Balaban J connectivity index is 2.17. The molecule has 0 saturated carbocycles. The Kier molecular flexibility index (Phi) is 8.65. The molecule has 2 aromatic carbocycles. The maximum atomic E-state index is 13.3. The summed E-state index contributed by atoms with van der Waals surface area (Å²) in [5.74, 6) is -0.236. The molecule has 0 aliphatic carbocycles. The van der Waals surface area contributed by atoms with Crippen molar-refractivity contribution in [2.45, 2.75) is 46.2 Å². The van der Waals surface area contributed by atoms with Crippen LogP contribution in [0.25, 0.3) is 0 Å². The molecule has 2 rings (SSSR count). The summed E-state index contributed by atoms with van der Waals surface area (Å²) in [7, 11) is 0. The van der Waals surface area contributed by atoms with Crippen molar-refractivity contribution in [3.8, 4) is 5.75 Å². The van der Waals surface area contributed by atoms with Crippen LogP contribution >= 0.6 is 0 Å². The number of ether oxygens (including phenoxy) is 1. The number of benzene rings is 2. The molecular formula is C23H29FN2O3. The molecule has 2 aromatic rings. The summed E-state index contributed by atoms with van der Waals surface area (Å²) in [6.45, 7) is 6.35. The highest BCUT2D eigenvalue weighted by molar-refractivity contribution is 5.88. The molecule has 0 unspecified atom stereocenters. The van der Waals surface area contributed by atoms with Gasteiger partial charge in [-0.1, -0.05) is 38.1 Å².